The number of aromatic amines is 1. The molecular weight excluding hydrogens is 497 g/mol. The molecule has 1 fully saturated rings. The maximum absolute atomic E-state index is 14.7. The van der Waals surface area contributed by atoms with Crippen molar-refractivity contribution >= 4 is 29.1 Å². The first-order chi connectivity index (χ1) is 17.8. The second kappa shape index (κ2) is 10.1. The van der Waals surface area contributed by atoms with Crippen molar-refractivity contribution in [3.8, 4) is 22.4 Å². The zero-order chi connectivity index (χ0) is 26.1. The number of amides is 1. The van der Waals surface area contributed by atoms with E-state index in [-0.39, 0.29) is 22.2 Å². The number of rotatable bonds is 7. The molecule has 0 saturated heterocycles. The van der Waals surface area contributed by atoms with Crippen LogP contribution in [0.25, 0.3) is 22.4 Å². The van der Waals surface area contributed by atoms with Gasteiger partial charge < -0.3 is 20.7 Å². The minimum atomic E-state index is -0.660. The summed E-state index contributed by atoms with van der Waals surface area (Å²) in [6, 6.07) is 13.5. The molecule has 5 rings (SSSR count). The van der Waals surface area contributed by atoms with E-state index in [0.29, 0.717) is 28.7 Å². The van der Waals surface area contributed by atoms with Gasteiger partial charge in [0, 0.05) is 23.0 Å². The second-order valence-electron chi connectivity index (χ2n) is 9.10. The number of imidazole rings is 1. The number of nitrogens with one attached hydrogen (secondary N) is 2. The van der Waals surface area contributed by atoms with Crippen molar-refractivity contribution in [2.75, 3.05) is 18.2 Å². The Kier molecular flexibility index (Phi) is 6.71. The number of anilines is 2. The van der Waals surface area contributed by atoms with Crippen molar-refractivity contribution in [2.45, 2.75) is 25.2 Å². The summed E-state index contributed by atoms with van der Waals surface area (Å²) < 4.78 is 20.1. The number of hydrogen-bond acceptors (Lipinski definition) is 5. The molecule has 1 aliphatic rings. The quantitative estimate of drug-likeness (QED) is 0.160. The smallest absolute Gasteiger partial charge is 0.411 e. The number of carbonyl (C=O) groups is 1. The lowest BCUT2D eigenvalue weighted by Crippen LogP contribution is -2.34. The maximum atomic E-state index is 14.7. The van der Waals surface area contributed by atoms with Gasteiger partial charge in [-0.1, -0.05) is 36.6 Å². The Balaban J connectivity index is 1.44. The predicted octanol–water partition coefficient (Wildman–Crippen LogP) is 5.86. The third-order valence-electron chi connectivity index (χ3n) is 6.54. The molecule has 0 aliphatic heterocycles. The minimum absolute atomic E-state index is 0.0606. The average Bonchev–Trinajstić information content (AvgIpc) is 3.59. The Labute approximate surface area is 217 Å². The van der Waals surface area contributed by atoms with Crippen molar-refractivity contribution in [3.63, 3.8) is 0 Å². The molecule has 0 spiro atoms. The van der Waals surface area contributed by atoms with Gasteiger partial charge >= 0.3 is 6.09 Å². The van der Waals surface area contributed by atoms with Crippen LogP contribution in [-0.4, -0.2) is 23.2 Å². The highest BCUT2D eigenvalue weighted by molar-refractivity contribution is 6.31. The van der Waals surface area contributed by atoms with Crippen molar-refractivity contribution in [1.29, 1.82) is 0 Å². The highest BCUT2D eigenvalue weighted by atomic mass is 35.5. The van der Waals surface area contributed by atoms with Crippen LogP contribution in [-0.2, 0) is 4.74 Å². The summed E-state index contributed by atoms with van der Waals surface area (Å²) >= 11 is 5.94. The molecule has 0 bridgehead atoms. The number of H-pyrrole nitrogens is 1. The van der Waals surface area contributed by atoms with Crippen molar-refractivity contribution in [2.24, 2.45) is 5.92 Å². The van der Waals surface area contributed by atoms with E-state index in [2.05, 4.69) is 20.0 Å². The van der Waals surface area contributed by atoms with E-state index in [1.807, 2.05) is 12.1 Å². The van der Waals surface area contributed by atoms with Crippen LogP contribution in [0.1, 0.15) is 36.7 Å². The summed E-state index contributed by atoms with van der Waals surface area (Å²) in [5, 5.41) is 15.8. The van der Waals surface area contributed by atoms with Crippen LogP contribution in [0.15, 0.2) is 60.9 Å². The largest absolute Gasteiger partial charge is 0.618 e. The topological polar surface area (TPSA) is 120 Å². The van der Waals surface area contributed by atoms with Crippen LogP contribution in [0, 0.1) is 16.9 Å². The van der Waals surface area contributed by atoms with Gasteiger partial charge in [0.25, 0.3) is 0 Å². The number of nitrogen functional groups attached to an aromatic ring is 1. The molecule has 1 aliphatic carbocycles. The first-order valence-electron chi connectivity index (χ1n) is 11.8. The number of pyridine rings is 1. The summed E-state index contributed by atoms with van der Waals surface area (Å²) in [6.07, 6.45) is 5.50. The summed E-state index contributed by atoms with van der Waals surface area (Å²) in [4.78, 5) is 19.4. The zero-order valence-corrected chi connectivity index (χ0v) is 20.8. The predicted molar refractivity (Wildman–Crippen MR) is 139 cm³/mol. The maximum Gasteiger partial charge on any atom is 0.411 e. The fraction of sp³-hybridized carbons (Fsp3) is 0.222. The van der Waals surface area contributed by atoms with E-state index in [4.69, 9.17) is 17.3 Å². The summed E-state index contributed by atoms with van der Waals surface area (Å²) in [6.45, 7) is 0. The van der Waals surface area contributed by atoms with Gasteiger partial charge in [-0.2, -0.15) is 4.73 Å². The van der Waals surface area contributed by atoms with Gasteiger partial charge in [0.1, 0.15) is 11.7 Å². The molecule has 2 heterocycles. The summed E-state index contributed by atoms with van der Waals surface area (Å²) in [5.74, 6) is 0.259. The molecule has 37 heavy (non-hydrogen) atoms. The fourth-order valence-electron chi connectivity index (χ4n) is 4.39. The molecule has 1 unspecified atom stereocenters. The first-order valence-corrected chi connectivity index (χ1v) is 12.2. The molecule has 8 nitrogen and oxygen atoms in total. The number of aromatic nitrogens is 3. The highest BCUT2D eigenvalue weighted by Crippen LogP contribution is 2.41. The monoisotopic (exact) mass is 521 g/mol. The van der Waals surface area contributed by atoms with Gasteiger partial charge in [0.15, 0.2) is 12.0 Å². The van der Waals surface area contributed by atoms with Gasteiger partial charge in [-0.25, -0.2) is 14.2 Å². The lowest BCUT2D eigenvalue weighted by atomic mass is 9.95. The van der Waals surface area contributed by atoms with E-state index in [1.54, 1.807) is 30.5 Å². The number of halogens is 2. The average molecular weight is 522 g/mol. The third-order valence-corrected chi connectivity index (χ3v) is 6.83. The number of nitrogens with two attached hydrogens (primary N) is 1. The van der Waals surface area contributed by atoms with Crippen LogP contribution in [0.2, 0.25) is 5.02 Å². The lowest BCUT2D eigenvalue weighted by molar-refractivity contribution is -0.614. The summed E-state index contributed by atoms with van der Waals surface area (Å²) in [7, 11) is 1.30. The number of carbonyl (C=O) groups excluding carboxylic acids is 1. The summed E-state index contributed by atoms with van der Waals surface area (Å²) in [5.41, 5.74) is 9.40. The molecule has 1 saturated carbocycles. The normalized spacial score (nSPS) is 13.8. The molecule has 190 valence electrons. The van der Waals surface area contributed by atoms with Crippen LogP contribution in [0.4, 0.5) is 20.6 Å². The van der Waals surface area contributed by atoms with E-state index in [0.717, 1.165) is 35.3 Å². The zero-order valence-electron chi connectivity index (χ0n) is 20.0. The lowest BCUT2D eigenvalue weighted by Gasteiger charge is -2.16. The Morgan fingerprint density at radius 3 is 2.65 bits per heavy atom. The molecule has 10 heteroatoms. The molecule has 4 N–H and O–H groups in total. The van der Waals surface area contributed by atoms with Crippen LogP contribution < -0.4 is 15.8 Å². The molecule has 2 aromatic heterocycles. The standard InChI is InChI=1S/C27H25ClFN5O3/c1-37-27(35)32-18-7-4-16(5-8-18)22-13-31-26(33-22)19(12-15-2-3-15)23-11-6-17(14-34(23)36)24-21(30)10-9-20(28)25(24)29/h4-11,13-15,19H,2-3,12,30H2,1H3,(H,31,33)(H,32,35). The van der Waals surface area contributed by atoms with Gasteiger partial charge in [0.05, 0.1) is 29.6 Å². The van der Waals surface area contributed by atoms with Crippen molar-refractivity contribution in [3.05, 3.63) is 88.5 Å². The van der Waals surface area contributed by atoms with Gasteiger partial charge in [0.2, 0.25) is 5.69 Å². The Bertz CT molecular complexity index is 1450. The molecular formula is C27H25ClFN5O3. The Hall–Kier alpha value is -4.11. The van der Waals surface area contributed by atoms with Gasteiger partial charge in [-0.3, -0.25) is 5.32 Å². The fourth-order valence-corrected chi connectivity index (χ4v) is 4.55. The van der Waals surface area contributed by atoms with Crippen molar-refractivity contribution in [1.82, 2.24) is 9.97 Å². The van der Waals surface area contributed by atoms with E-state index >= 15 is 0 Å². The molecule has 1 amide bonds. The number of methoxy groups -OCH3 is 1. The van der Waals surface area contributed by atoms with Gasteiger partial charge in [-0.05, 0) is 48.2 Å². The van der Waals surface area contributed by atoms with Crippen LogP contribution >= 0.6 is 11.6 Å². The highest BCUT2D eigenvalue weighted by Gasteiger charge is 2.33. The number of hydrogen-bond donors (Lipinski definition) is 3. The number of nitrogens with zero attached hydrogens (tertiary/aromatic N) is 2. The SMILES string of the molecule is COC(=O)Nc1ccc(-c2cnc(C(CC3CC3)c3ccc(-c4c(N)ccc(Cl)c4F)c[n+]3[O-])[nH]2)cc1. The molecule has 2 aromatic carbocycles. The minimum Gasteiger partial charge on any atom is -0.618 e. The second-order valence-corrected chi connectivity index (χ2v) is 9.51. The van der Waals surface area contributed by atoms with Crippen molar-refractivity contribution < 1.29 is 18.7 Å². The third kappa shape index (κ3) is 5.22. The first kappa shape index (κ1) is 24.6. The molecule has 1 atom stereocenters. The van der Waals surface area contributed by atoms with Crippen LogP contribution in [0.3, 0.4) is 0 Å². The van der Waals surface area contributed by atoms with E-state index < -0.39 is 11.9 Å². The van der Waals surface area contributed by atoms with Gasteiger partial charge in [-0.15, -0.1) is 0 Å². The number of ether oxygens (including phenoxy) is 1. The Morgan fingerprint density at radius 2 is 1.97 bits per heavy atom. The number of benzene rings is 2. The van der Waals surface area contributed by atoms with E-state index in [9.17, 15) is 14.4 Å². The van der Waals surface area contributed by atoms with Crippen LogP contribution in [0.5, 0.6) is 0 Å². The molecule has 0 radical (unpaired) electrons. The molecule has 4 aromatic rings. The van der Waals surface area contributed by atoms with E-state index in [1.165, 1.54) is 25.4 Å². The Morgan fingerprint density at radius 1 is 1.24 bits per heavy atom.